The van der Waals surface area contributed by atoms with Gasteiger partial charge >= 0.3 is 0 Å². The SMILES string of the molecule is O=P1(c2ccccc2)c2ccccc2-c2ccc3c4ccccc4n(-c4nc(-c5ccccc5)cc(-c5ccccc5)n4)c3c21. The first-order valence-corrected chi connectivity index (χ1v) is 16.8. The molecule has 0 bridgehead atoms. The van der Waals surface area contributed by atoms with Crippen molar-refractivity contribution in [1.82, 2.24) is 14.5 Å². The summed E-state index contributed by atoms with van der Waals surface area (Å²) in [6, 6.07) is 53.2. The van der Waals surface area contributed by atoms with E-state index in [1.807, 2.05) is 91.0 Å². The quantitative estimate of drug-likeness (QED) is 0.192. The molecule has 0 fully saturated rings. The Kier molecular flexibility index (Phi) is 5.74. The molecule has 5 heteroatoms. The molecule has 1 unspecified atom stereocenters. The Morgan fingerprint density at radius 2 is 1.09 bits per heavy atom. The Bertz CT molecular complexity index is 2390. The fourth-order valence-electron chi connectivity index (χ4n) is 6.83. The fraction of sp³-hybridized carbons (Fsp3) is 0. The molecule has 0 radical (unpaired) electrons. The molecule has 8 aromatic rings. The van der Waals surface area contributed by atoms with Gasteiger partial charge in [0.05, 0.1) is 27.7 Å². The molecule has 1 atom stereocenters. The number of para-hydroxylation sites is 1. The second kappa shape index (κ2) is 9.99. The van der Waals surface area contributed by atoms with Gasteiger partial charge in [-0.25, -0.2) is 9.97 Å². The lowest BCUT2D eigenvalue weighted by molar-refractivity contribution is 0.593. The largest absolute Gasteiger partial charge is 0.309 e. The second-order valence-electron chi connectivity index (χ2n) is 11.3. The summed E-state index contributed by atoms with van der Waals surface area (Å²) in [4.78, 5) is 10.5. The van der Waals surface area contributed by atoms with Crippen LogP contribution < -0.4 is 15.9 Å². The van der Waals surface area contributed by atoms with Crippen molar-refractivity contribution in [3.05, 3.63) is 158 Å². The molecule has 212 valence electrons. The van der Waals surface area contributed by atoms with Crippen LogP contribution in [0.15, 0.2) is 158 Å². The third kappa shape index (κ3) is 3.83. The summed E-state index contributed by atoms with van der Waals surface area (Å²) in [6.07, 6.45) is 0. The maximum atomic E-state index is 15.9. The van der Waals surface area contributed by atoms with Gasteiger partial charge in [0, 0.05) is 32.5 Å². The van der Waals surface area contributed by atoms with Crippen LogP contribution in [0.2, 0.25) is 0 Å². The molecule has 0 amide bonds. The van der Waals surface area contributed by atoms with Gasteiger partial charge < -0.3 is 4.57 Å². The molecule has 9 rings (SSSR count). The van der Waals surface area contributed by atoms with Gasteiger partial charge in [-0.2, -0.15) is 0 Å². The van der Waals surface area contributed by atoms with Gasteiger partial charge in [-0.3, -0.25) is 4.57 Å². The highest BCUT2D eigenvalue weighted by Crippen LogP contribution is 2.54. The summed E-state index contributed by atoms with van der Waals surface area (Å²) in [5, 5.41) is 4.64. The summed E-state index contributed by atoms with van der Waals surface area (Å²) in [5.74, 6) is 0.547. The molecule has 0 spiro atoms. The second-order valence-corrected chi connectivity index (χ2v) is 14.0. The highest BCUT2D eigenvalue weighted by Gasteiger charge is 2.43. The first-order chi connectivity index (χ1) is 22.2. The molecule has 0 saturated carbocycles. The van der Waals surface area contributed by atoms with Crippen molar-refractivity contribution < 1.29 is 4.57 Å². The van der Waals surface area contributed by atoms with Gasteiger partial charge in [0.25, 0.3) is 0 Å². The highest BCUT2D eigenvalue weighted by atomic mass is 31.2. The van der Waals surface area contributed by atoms with Crippen molar-refractivity contribution in [2.24, 2.45) is 0 Å². The number of benzene rings is 6. The van der Waals surface area contributed by atoms with Crippen molar-refractivity contribution >= 4 is 44.9 Å². The Morgan fingerprint density at radius 3 is 1.78 bits per heavy atom. The van der Waals surface area contributed by atoms with Gasteiger partial charge in [-0.1, -0.05) is 146 Å². The van der Waals surface area contributed by atoms with Gasteiger partial charge in [-0.05, 0) is 23.3 Å². The van der Waals surface area contributed by atoms with Crippen LogP contribution in [0.1, 0.15) is 0 Å². The van der Waals surface area contributed by atoms with Crippen LogP contribution in [0.5, 0.6) is 0 Å². The van der Waals surface area contributed by atoms with Gasteiger partial charge in [0.15, 0.2) is 7.14 Å². The summed E-state index contributed by atoms with van der Waals surface area (Å²) in [7, 11) is -3.27. The molecule has 0 aliphatic carbocycles. The summed E-state index contributed by atoms with van der Waals surface area (Å²) >= 11 is 0. The first kappa shape index (κ1) is 25.9. The molecule has 1 aliphatic heterocycles. The lowest BCUT2D eigenvalue weighted by Crippen LogP contribution is -2.22. The topological polar surface area (TPSA) is 47.8 Å². The highest BCUT2D eigenvalue weighted by molar-refractivity contribution is 7.86. The zero-order chi connectivity index (χ0) is 30.0. The van der Waals surface area contributed by atoms with E-state index in [0.29, 0.717) is 5.95 Å². The van der Waals surface area contributed by atoms with Crippen LogP contribution in [0.4, 0.5) is 0 Å². The predicted octanol–water partition coefficient (Wildman–Crippen LogP) is 8.53. The monoisotopic (exact) mass is 595 g/mol. The predicted molar refractivity (Wildman–Crippen MR) is 186 cm³/mol. The standard InChI is InChI=1S/C40H26N3OP/c44-45(29-18-8-3-9-19-29)37-23-13-11-21-31(37)33-25-24-32-30-20-10-12-22-36(30)43(38(32)39(33)45)40-41-34(27-14-4-1-5-15-27)26-35(42-40)28-16-6-2-7-17-28/h1-26H. The van der Waals surface area contributed by atoms with E-state index < -0.39 is 7.14 Å². The third-order valence-electron chi connectivity index (χ3n) is 8.83. The maximum absolute atomic E-state index is 15.9. The van der Waals surface area contributed by atoms with E-state index in [1.54, 1.807) is 0 Å². The molecule has 0 saturated heterocycles. The van der Waals surface area contributed by atoms with Crippen LogP contribution in [-0.2, 0) is 4.57 Å². The maximum Gasteiger partial charge on any atom is 0.235 e. The fourth-order valence-corrected chi connectivity index (χ4v) is 10.1. The molecular formula is C40H26N3OP. The number of fused-ring (bicyclic) bond motifs is 7. The molecule has 2 aromatic heterocycles. The smallest absolute Gasteiger partial charge is 0.235 e. The van der Waals surface area contributed by atoms with E-state index in [1.165, 1.54) is 0 Å². The Balaban J connectivity index is 1.45. The van der Waals surface area contributed by atoms with Crippen molar-refractivity contribution in [3.63, 3.8) is 0 Å². The lowest BCUT2D eigenvalue weighted by atomic mass is 10.0. The van der Waals surface area contributed by atoms with Crippen molar-refractivity contribution in [1.29, 1.82) is 0 Å². The number of hydrogen-bond acceptors (Lipinski definition) is 3. The van der Waals surface area contributed by atoms with Crippen molar-refractivity contribution in [2.45, 2.75) is 0 Å². The molecular weight excluding hydrogens is 569 g/mol. The van der Waals surface area contributed by atoms with Crippen molar-refractivity contribution in [2.75, 3.05) is 0 Å². The minimum absolute atomic E-state index is 0.547. The van der Waals surface area contributed by atoms with Crippen LogP contribution >= 0.6 is 7.14 Å². The molecule has 6 aromatic carbocycles. The first-order valence-electron chi connectivity index (χ1n) is 15.0. The van der Waals surface area contributed by atoms with Gasteiger partial charge in [0.1, 0.15) is 0 Å². The number of rotatable bonds is 4. The molecule has 45 heavy (non-hydrogen) atoms. The van der Waals surface area contributed by atoms with Gasteiger partial charge in [0.2, 0.25) is 5.95 Å². The third-order valence-corrected chi connectivity index (χ3v) is 12.0. The van der Waals surface area contributed by atoms with E-state index in [4.69, 9.17) is 9.97 Å². The molecule has 1 aliphatic rings. The minimum Gasteiger partial charge on any atom is -0.309 e. The molecule has 3 heterocycles. The lowest BCUT2D eigenvalue weighted by Gasteiger charge is -2.18. The molecule has 0 N–H and O–H groups in total. The van der Waals surface area contributed by atoms with Crippen LogP contribution in [-0.4, -0.2) is 14.5 Å². The van der Waals surface area contributed by atoms with Gasteiger partial charge in [-0.15, -0.1) is 0 Å². The summed E-state index contributed by atoms with van der Waals surface area (Å²) in [5.41, 5.74) is 7.54. The van der Waals surface area contributed by atoms with E-state index in [9.17, 15) is 0 Å². The average Bonchev–Trinajstić information content (AvgIpc) is 3.59. The van der Waals surface area contributed by atoms with E-state index in [-0.39, 0.29) is 0 Å². The average molecular weight is 596 g/mol. The van der Waals surface area contributed by atoms with E-state index in [0.717, 1.165) is 71.4 Å². The normalized spacial score (nSPS) is 15.3. The van der Waals surface area contributed by atoms with E-state index >= 15 is 4.57 Å². The Hall–Kier alpha value is -5.57. The van der Waals surface area contributed by atoms with Crippen LogP contribution in [0, 0.1) is 0 Å². The number of hydrogen-bond donors (Lipinski definition) is 0. The summed E-state index contributed by atoms with van der Waals surface area (Å²) < 4.78 is 18.0. The summed E-state index contributed by atoms with van der Waals surface area (Å²) in [6.45, 7) is 0. The van der Waals surface area contributed by atoms with Crippen molar-refractivity contribution in [3.8, 4) is 39.6 Å². The Morgan fingerprint density at radius 1 is 0.511 bits per heavy atom. The number of aromatic nitrogens is 3. The minimum atomic E-state index is -3.27. The molecule has 4 nitrogen and oxygen atoms in total. The Labute approximate surface area is 260 Å². The van der Waals surface area contributed by atoms with Crippen LogP contribution in [0.3, 0.4) is 0 Å². The zero-order valence-corrected chi connectivity index (χ0v) is 25.1. The van der Waals surface area contributed by atoms with E-state index in [2.05, 4.69) is 71.3 Å². The zero-order valence-electron chi connectivity index (χ0n) is 24.2. The number of nitrogens with zero attached hydrogens (tertiary/aromatic N) is 3. The van der Waals surface area contributed by atoms with Crippen LogP contribution in [0.25, 0.3) is 61.4 Å².